The smallest absolute Gasteiger partial charge is 0.419 e. The Labute approximate surface area is 776 Å². The second-order valence-corrected chi connectivity index (χ2v) is 34.6. The maximum absolute atomic E-state index is 12.9. The minimum atomic E-state index is -0.566. The van der Waals surface area contributed by atoms with Crippen molar-refractivity contribution in [2.45, 2.75) is 164 Å². The monoisotopic (exact) mass is 1770 g/mol. The fourth-order valence-electron chi connectivity index (χ4n) is 14.9. The summed E-state index contributed by atoms with van der Waals surface area (Å²) in [5, 5.41) is 7.56. The SMILES string of the molecule is CC.CC(C)(C)OC(=O)n1ccc2cccc(C=O)c21.CC(C)(C)OC(=O)n1ccc2cccc(CN(CCc3ccccn3)CCc3ccccn3)c21.CC(C)(C)OC(=O)n1ccc2cccc(CN(CCc3ccccn3)CCc3ccccn3)c21.c1ccc(CCN(CCc2ccccn2)Cc2cccc3cc[nH]c23)nc1.c1ccc(CCNCCc2ccccn2)nc1. The molecule has 0 bridgehead atoms. The Morgan fingerprint density at radius 1 is 0.318 bits per heavy atom. The molecule has 16 rings (SSSR count). The number of hydrogen-bond acceptors (Lipinski definition) is 19. The zero-order chi connectivity index (χ0) is 93.3. The lowest BCUT2D eigenvalue weighted by Gasteiger charge is -2.24. The number of pyridine rings is 8. The molecule has 12 heterocycles. The van der Waals surface area contributed by atoms with Gasteiger partial charge in [0.1, 0.15) is 16.8 Å². The van der Waals surface area contributed by atoms with Gasteiger partial charge in [-0.25, -0.2) is 14.4 Å². The van der Waals surface area contributed by atoms with Crippen LogP contribution in [0.15, 0.2) is 317 Å². The van der Waals surface area contributed by atoms with Crippen molar-refractivity contribution in [2.24, 2.45) is 0 Å². The molecule has 0 saturated carbocycles. The third-order valence-corrected chi connectivity index (χ3v) is 21.1. The van der Waals surface area contributed by atoms with E-state index in [4.69, 9.17) is 14.2 Å². The maximum Gasteiger partial charge on any atom is 0.419 e. The molecule has 0 saturated heterocycles. The number of aromatic amines is 1. The minimum absolute atomic E-state index is 0.358. The van der Waals surface area contributed by atoms with Crippen molar-refractivity contribution in [2.75, 3.05) is 52.4 Å². The third kappa shape index (κ3) is 32.4. The lowest BCUT2D eigenvalue weighted by atomic mass is 10.1. The second kappa shape index (κ2) is 50.9. The van der Waals surface area contributed by atoms with Crippen LogP contribution >= 0.6 is 0 Å². The molecule has 23 heteroatoms. The van der Waals surface area contributed by atoms with Gasteiger partial charge in [0, 0.05) is 271 Å². The average Bonchev–Trinajstić information content (AvgIpc) is 1.64. The number of carbonyl (C=O) groups is 4. The topological polar surface area (TPSA) is 251 Å². The van der Waals surface area contributed by atoms with Crippen molar-refractivity contribution >= 4 is 68.2 Å². The normalized spacial score (nSPS) is 11.3. The Kier molecular flexibility index (Phi) is 38.1. The van der Waals surface area contributed by atoms with Crippen molar-refractivity contribution in [1.82, 2.24) is 78.6 Å². The van der Waals surface area contributed by atoms with Gasteiger partial charge in [-0.3, -0.25) is 73.1 Å². The van der Waals surface area contributed by atoms with E-state index in [1.54, 1.807) is 66.7 Å². The van der Waals surface area contributed by atoms with E-state index in [9.17, 15) is 19.2 Å². The fourth-order valence-corrected chi connectivity index (χ4v) is 14.9. The maximum atomic E-state index is 12.9. The van der Waals surface area contributed by atoms with E-state index in [0.717, 1.165) is 200 Å². The van der Waals surface area contributed by atoms with E-state index in [1.165, 1.54) is 21.0 Å². The number of rotatable bonds is 31. The van der Waals surface area contributed by atoms with Crippen LogP contribution < -0.4 is 5.32 Å². The summed E-state index contributed by atoms with van der Waals surface area (Å²) in [5.74, 6) is 0. The molecule has 0 atom stereocenters. The first-order valence-electron chi connectivity index (χ1n) is 45.6. The van der Waals surface area contributed by atoms with Gasteiger partial charge < -0.3 is 24.5 Å². The molecular weight excluding hydrogens is 1650 g/mol. The Morgan fingerprint density at radius 2 is 0.583 bits per heavy atom. The van der Waals surface area contributed by atoms with E-state index in [-0.39, 0.29) is 12.2 Å². The Bertz CT molecular complexity index is 5740. The van der Waals surface area contributed by atoms with Gasteiger partial charge in [0.25, 0.3) is 0 Å². The summed E-state index contributed by atoms with van der Waals surface area (Å²) in [6.45, 7) is 30.3. The number of hydrogen-bond donors (Lipinski definition) is 2. The Morgan fingerprint density at radius 3 is 0.871 bits per heavy atom. The molecule has 0 fully saturated rings. The number of fused-ring (bicyclic) bond motifs is 4. The first-order chi connectivity index (χ1) is 64.0. The number of nitrogens with one attached hydrogen (secondary N) is 2. The molecule has 0 unspecified atom stereocenters. The van der Waals surface area contributed by atoms with Gasteiger partial charge >= 0.3 is 18.3 Å². The quantitative estimate of drug-likeness (QED) is 0.0233. The number of aldehydes is 1. The molecule has 16 aromatic rings. The predicted molar refractivity (Wildman–Crippen MR) is 528 cm³/mol. The second-order valence-electron chi connectivity index (χ2n) is 34.6. The molecule has 0 spiro atoms. The van der Waals surface area contributed by atoms with Crippen LogP contribution in [0.25, 0.3) is 43.6 Å². The summed E-state index contributed by atoms with van der Waals surface area (Å²) in [6, 6.07) is 80.4. The van der Waals surface area contributed by atoms with Crippen LogP contribution in [0.4, 0.5) is 14.4 Å². The zero-order valence-corrected chi connectivity index (χ0v) is 78.2. The van der Waals surface area contributed by atoms with Crippen molar-refractivity contribution < 1.29 is 33.4 Å². The highest BCUT2D eigenvalue weighted by molar-refractivity contribution is 6.00. The Hall–Kier alpha value is -13.8. The van der Waals surface area contributed by atoms with Crippen LogP contribution in [0.1, 0.15) is 149 Å². The standard InChI is InChI=1S/2C28H32N4O2.C23H24N4.C14H17N3.C14H15NO3.C2H6/c2*1-28(2,3)34-27(33)32-20-13-22-9-8-10-23(26(22)32)21-31(18-14-24-11-4-6-16-29-24)19-15-25-12-5-7-17-30-25;1-3-13-24-21(8-1)11-16-27(17-12-22-9-2-4-14-25-22)18-20-7-5-6-19-10-15-26-23(19)20;1-3-9-16-13(5-1)7-11-15-12-8-14-6-2-4-10-17-14;1-14(2,3)18-13(17)15-8-7-10-5-4-6-11(9-16)12(10)15;1-2/h2*4-13,16-17,20H,14-15,18-19,21H2,1-3H3;1-10,13-15,26H,11-12,16-18H2;1-6,9-10,15H,7-8,11-12H2;4-9H,1-3H3;1-2H3. The molecule has 132 heavy (non-hydrogen) atoms. The number of para-hydroxylation sites is 4. The van der Waals surface area contributed by atoms with E-state index in [2.05, 4.69) is 162 Å². The molecule has 0 radical (unpaired) electrons. The molecule has 0 aliphatic carbocycles. The first kappa shape index (κ1) is 98.7. The number of carbonyl (C=O) groups excluding carboxylic acids is 4. The molecule has 684 valence electrons. The molecule has 23 nitrogen and oxygen atoms in total. The van der Waals surface area contributed by atoms with Crippen LogP contribution in [0.2, 0.25) is 0 Å². The highest BCUT2D eigenvalue weighted by Crippen LogP contribution is 2.28. The van der Waals surface area contributed by atoms with Gasteiger partial charge in [0.05, 0.1) is 16.6 Å². The number of ether oxygens (including phenoxy) is 3. The van der Waals surface area contributed by atoms with Crippen LogP contribution in [0, 0.1) is 0 Å². The summed E-state index contributed by atoms with van der Waals surface area (Å²) in [4.78, 5) is 95.0. The lowest BCUT2D eigenvalue weighted by Crippen LogP contribution is -2.29. The zero-order valence-electron chi connectivity index (χ0n) is 78.2. The van der Waals surface area contributed by atoms with Crippen molar-refractivity contribution in [1.29, 1.82) is 0 Å². The first-order valence-corrected chi connectivity index (χ1v) is 45.6. The minimum Gasteiger partial charge on any atom is -0.443 e. The van der Waals surface area contributed by atoms with Gasteiger partial charge in [-0.2, -0.15) is 0 Å². The summed E-state index contributed by atoms with van der Waals surface area (Å²) in [7, 11) is 0. The predicted octanol–water partition coefficient (Wildman–Crippen LogP) is 21.4. The van der Waals surface area contributed by atoms with Gasteiger partial charge in [0.15, 0.2) is 6.29 Å². The third-order valence-electron chi connectivity index (χ3n) is 21.1. The molecule has 12 aromatic heterocycles. The Balaban J connectivity index is 0.000000162. The molecule has 2 N–H and O–H groups in total. The fraction of sp³-hybridized carbons (Fsp3) is 0.303. The molecular formula is C109H126N16O7. The van der Waals surface area contributed by atoms with Crippen molar-refractivity contribution in [3.8, 4) is 0 Å². The lowest BCUT2D eigenvalue weighted by molar-refractivity contribution is 0.0532. The summed E-state index contributed by atoms with van der Waals surface area (Å²) in [6.07, 6.45) is 28.8. The highest BCUT2D eigenvalue weighted by Gasteiger charge is 2.25. The van der Waals surface area contributed by atoms with Crippen LogP contribution in [0.5, 0.6) is 0 Å². The molecule has 0 aliphatic heterocycles. The summed E-state index contributed by atoms with van der Waals surface area (Å²) in [5.41, 5.74) is 14.8. The van der Waals surface area contributed by atoms with E-state index in [1.807, 2.05) is 239 Å². The van der Waals surface area contributed by atoms with E-state index < -0.39 is 22.9 Å². The van der Waals surface area contributed by atoms with Crippen molar-refractivity contribution in [3.05, 3.63) is 385 Å². The summed E-state index contributed by atoms with van der Waals surface area (Å²) >= 11 is 0. The number of nitrogens with zero attached hydrogens (tertiary/aromatic N) is 14. The molecule has 0 amide bonds. The van der Waals surface area contributed by atoms with Gasteiger partial charge in [-0.1, -0.05) is 129 Å². The largest absolute Gasteiger partial charge is 0.443 e. The molecule has 4 aromatic carbocycles. The average molecular weight is 1770 g/mol. The number of benzene rings is 4. The van der Waals surface area contributed by atoms with E-state index >= 15 is 0 Å². The van der Waals surface area contributed by atoms with Gasteiger partial charge in [-0.05, 0) is 212 Å². The van der Waals surface area contributed by atoms with Crippen LogP contribution in [-0.4, -0.2) is 167 Å². The van der Waals surface area contributed by atoms with Gasteiger partial charge in [0.2, 0.25) is 0 Å². The number of aromatic nitrogens is 12. The van der Waals surface area contributed by atoms with Crippen LogP contribution in [-0.2, 0) is 85.2 Å². The molecule has 0 aliphatic rings. The van der Waals surface area contributed by atoms with Gasteiger partial charge in [-0.15, -0.1) is 0 Å². The van der Waals surface area contributed by atoms with Crippen LogP contribution in [0.3, 0.4) is 0 Å². The number of H-pyrrole nitrogens is 1. The summed E-state index contributed by atoms with van der Waals surface area (Å²) < 4.78 is 21.2. The van der Waals surface area contributed by atoms with E-state index in [0.29, 0.717) is 24.2 Å². The highest BCUT2D eigenvalue weighted by atomic mass is 16.6. The van der Waals surface area contributed by atoms with Crippen molar-refractivity contribution in [3.63, 3.8) is 0 Å².